The molecule has 1 saturated heterocycles. The Kier molecular flexibility index (Phi) is 7.04. The zero-order chi connectivity index (χ0) is 17.4. The molecule has 0 bridgehead atoms. The monoisotopic (exact) mass is 330 g/mol. The lowest BCUT2D eigenvalue weighted by Crippen LogP contribution is -2.55. The van der Waals surface area contributed by atoms with E-state index in [0.29, 0.717) is 11.6 Å². The average Bonchev–Trinajstić information content (AvgIpc) is 2.61. The van der Waals surface area contributed by atoms with E-state index in [1.54, 1.807) is 12.1 Å². The van der Waals surface area contributed by atoms with Crippen molar-refractivity contribution < 1.29 is 9.53 Å². The fourth-order valence-electron chi connectivity index (χ4n) is 2.83. The second-order valence-corrected chi connectivity index (χ2v) is 5.96. The smallest absolute Gasteiger partial charge is 0.241 e. The highest BCUT2D eigenvalue weighted by molar-refractivity contribution is 5.81. The van der Waals surface area contributed by atoms with Crippen LogP contribution in [0.5, 0.6) is 0 Å². The highest BCUT2D eigenvalue weighted by Gasteiger charge is 2.26. The van der Waals surface area contributed by atoms with Crippen LogP contribution in [0.3, 0.4) is 0 Å². The Morgan fingerprint density at radius 1 is 1.38 bits per heavy atom. The third-order valence-electron chi connectivity index (χ3n) is 4.30. The van der Waals surface area contributed by atoms with E-state index in [2.05, 4.69) is 23.2 Å². The van der Waals surface area contributed by atoms with Crippen molar-refractivity contribution in [3.05, 3.63) is 29.8 Å². The van der Waals surface area contributed by atoms with Crippen LogP contribution in [0, 0.1) is 11.3 Å². The number of nitrogens with zero attached hydrogens (tertiary/aromatic N) is 3. The van der Waals surface area contributed by atoms with Gasteiger partial charge in [0, 0.05) is 44.5 Å². The molecule has 1 atom stereocenters. The molecule has 24 heavy (non-hydrogen) atoms. The summed E-state index contributed by atoms with van der Waals surface area (Å²) < 4.78 is 5.41. The molecule has 0 aromatic heterocycles. The first-order valence-corrected chi connectivity index (χ1v) is 8.47. The van der Waals surface area contributed by atoms with Gasteiger partial charge in [-0.25, -0.2) is 0 Å². The molecular weight excluding hydrogens is 304 g/mol. The lowest BCUT2D eigenvalue weighted by Gasteiger charge is -2.39. The van der Waals surface area contributed by atoms with Gasteiger partial charge in [0.1, 0.15) is 0 Å². The predicted octanol–water partition coefficient (Wildman–Crippen LogP) is 1.54. The number of piperazine rings is 1. The van der Waals surface area contributed by atoms with Gasteiger partial charge in [-0.2, -0.15) is 5.26 Å². The molecule has 1 heterocycles. The maximum Gasteiger partial charge on any atom is 0.241 e. The molecule has 6 heteroatoms. The van der Waals surface area contributed by atoms with E-state index in [1.807, 2.05) is 24.0 Å². The SMILES string of the molecule is CCOCCN1CCN(C(=O)CNc2ccc(C#N)cc2)C[C@@H]1C. The third-order valence-corrected chi connectivity index (χ3v) is 4.30. The summed E-state index contributed by atoms with van der Waals surface area (Å²) in [7, 11) is 0. The number of carbonyl (C=O) groups excluding carboxylic acids is 1. The van der Waals surface area contributed by atoms with Crippen LogP contribution in [0.2, 0.25) is 0 Å². The molecule has 1 aromatic rings. The first-order valence-electron chi connectivity index (χ1n) is 8.47. The zero-order valence-electron chi connectivity index (χ0n) is 14.5. The van der Waals surface area contributed by atoms with Gasteiger partial charge in [-0.05, 0) is 38.1 Å². The normalized spacial score (nSPS) is 18.2. The summed E-state index contributed by atoms with van der Waals surface area (Å²) in [6.07, 6.45) is 0. The highest BCUT2D eigenvalue weighted by Crippen LogP contribution is 2.11. The minimum absolute atomic E-state index is 0.107. The zero-order valence-corrected chi connectivity index (χ0v) is 14.5. The Morgan fingerprint density at radius 3 is 2.75 bits per heavy atom. The van der Waals surface area contributed by atoms with E-state index in [9.17, 15) is 4.79 Å². The predicted molar refractivity (Wildman–Crippen MR) is 93.8 cm³/mol. The maximum absolute atomic E-state index is 12.4. The van der Waals surface area contributed by atoms with Crippen molar-refractivity contribution in [1.82, 2.24) is 9.80 Å². The van der Waals surface area contributed by atoms with Gasteiger partial charge in [0.25, 0.3) is 0 Å². The van der Waals surface area contributed by atoms with Crippen LogP contribution >= 0.6 is 0 Å². The Balaban J connectivity index is 1.76. The van der Waals surface area contributed by atoms with Crippen molar-refractivity contribution in [3.63, 3.8) is 0 Å². The molecule has 0 spiro atoms. The first kappa shape index (κ1) is 18.2. The molecule has 6 nitrogen and oxygen atoms in total. The van der Waals surface area contributed by atoms with E-state index >= 15 is 0 Å². The van der Waals surface area contributed by atoms with Gasteiger partial charge in [0.2, 0.25) is 5.91 Å². The van der Waals surface area contributed by atoms with Gasteiger partial charge in [0.15, 0.2) is 0 Å². The summed E-state index contributed by atoms with van der Waals surface area (Å²) in [6.45, 7) is 9.22. The summed E-state index contributed by atoms with van der Waals surface area (Å²) >= 11 is 0. The van der Waals surface area contributed by atoms with Crippen molar-refractivity contribution in [2.75, 3.05) is 51.3 Å². The number of rotatable bonds is 7. The van der Waals surface area contributed by atoms with E-state index in [1.165, 1.54) is 0 Å². The van der Waals surface area contributed by atoms with Gasteiger partial charge in [0.05, 0.1) is 24.8 Å². The Labute approximate surface area is 144 Å². The summed E-state index contributed by atoms with van der Waals surface area (Å²) in [5.74, 6) is 0.107. The molecule has 0 radical (unpaired) electrons. The molecule has 2 rings (SSSR count). The summed E-state index contributed by atoms with van der Waals surface area (Å²) in [4.78, 5) is 16.7. The largest absolute Gasteiger partial charge is 0.380 e. The minimum Gasteiger partial charge on any atom is -0.380 e. The molecule has 130 valence electrons. The van der Waals surface area contributed by atoms with Crippen molar-refractivity contribution in [2.45, 2.75) is 19.9 Å². The molecule has 0 aliphatic carbocycles. The standard InChI is InChI=1S/C18H26N4O2/c1-3-24-11-10-21-8-9-22(14-15(21)2)18(23)13-20-17-6-4-16(12-19)5-7-17/h4-7,15,20H,3,8-11,13-14H2,1-2H3/t15-/m0/s1. The highest BCUT2D eigenvalue weighted by atomic mass is 16.5. The number of benzene rings is 1. The molecule has 1 aromatic carbocycles. The first-order chi connectivity index (χ1) is 11.6. The van der Waals surface area contributed by atoms with Crippen LogP contribution < -0.4 is 5.32 Å². The van der Waals surface area contributed by atoms with E-state index in [-0.39, 0.29) is 12.5 Å². The van der Waals surface area contributed by atoms with Crippen LogP contribution in [0.15, 0.2) is 24.3 Å². The number of nitriles is 1. The molecule has 1 amide bonds. The topological polar surface area (TPSA) is 68.6 Å². The van der Waals surface area contributed by atoms with Gasteiger partial charge in [-0.15, -0.1) is 0 Å². The molecule has 1 N–H and O–H groups in total. The molecular formula is C18H26N4O2. The molecule has 0 saturated carbocycles. The van der Waals surface area contributed by atoms with Gasteiger partial charge >= 0.3 is 0 Å². The van der Waals surface area contributed by atoms with Crippen molar-refractivity contribution >= 4 is 11.6 Å². The quantitative estimate of drug-likeness (QED) is 0.768. The van der Waals surface area contributed by atoms with Crippen molar-refractivity contribution in [2.24, 2.45) is 0 Å². The lowest BCUT2D eigenvalue weighted by atomic mass is 10.2. The lowest BCUT2D eigenvalue weighted by molar-refractivity contribution is -0.132. The Hall–Kier alpha value is -2.10. The summed E-state index contributed by atoms with van der Waals surface area (Å²) in [5.41, 5.74) is 1.47. The van der Waals surface area contributed by atoms with Gasteiger partial charge < -0.3 is 15.0 Å². The van der Waals surface area contributed by atoms with E-state index < -0.39 is 0 Å². The number of ether oxygens (including phenoxy) is 1. The molecule has 0 unspecified atom stereocenters. The fourth-order valence-corrected chi connectivity index (χ4v) is 2.83. The van der Waals surface area contributed by atoms with E-state index in [4.69, 9.17) is 10.00 Å². The summed E-state index contributed by atoms with van der Waals surface area (Å²) in [6, 6.07) is 9.55. The van der Waals surface area contributed by atoms with Crippen LogP contribution in [0.25, 0.3) is 0 Å². The number of anilines is 1. The molecule has 1 aliphatic heterocycles. The molecule has 1 aliphatic rings. The van der Waals surface area contributed by atoms with Crippen LogP contribution in [0.4, 0.5) is 5.69 Å². The van der Waals surface area contributed by atoms with E-state index in [0.717, 1.165) is 45.1 Å². The van der Waals surface area contributed by atoms with Gasteiger partial charge in [-0.1, -0.05) is 0 Å². The summed E-state index contributed by atoms with van der Waals surface area (Å²) in [5, 5.41) is 11.9. The van der Waals surface area contributed by atoms with Gasteiger partial charge in [-0.3, -0.25) is 9.69 Å². The second kappa shape index (κ2) is 9.26. The number of hydrogen-bond donors (Lipinski definition) is 1. The average molecular weight is 330 g/mol. The number of nitrogens with one attached hydrogen (secondary N) is 1. The number of carbonyl (C=O) groups is 1. The number of amides is 1. The number of hydrogen-bond acceptors (Lipinski definition) is 5. The van der Waals surface area contributed by atoms with Crippen molar-refractivity contribution in [3.8, 4) is 6.07 Å². The Morgan fingerprint density at radius 2 is 2.12 bits per heavy atom. The fraction of sp³-hybridized carbons (Fsp3) is 0.556. The van der Waals surface area contributed by atoms with Crippen LogP contribution in [-0.4, -0.2) is 67.7 Å². The Bertz CT molecular complexity index is 567. The minimum atomic E-state index is 0.107. The second-order valence-electron chi connectivity index (χ2n) is 5.96. The molecule has 1 fully saturated rings. The third kappa shape index (κ3) is 5.22. The van der Waals surface area contributed by atoms with Crippen LogP contribution in [-0.2, 0) is 9.53 Å². The van der Waals surface area contributed by atoms with Crippen LogP contribution in [0.1, 0.15) is 19.4 Å². The maximum atomic E-state index is 12.4. The van der Waals surface area contributed by atoms with Crippen molar-refractivity contribution in [1.29, 1.82) is 5.26 Å².